The van der Waals surface area contributed by atoms with E-state index in [1.807, 2.05) is 38.1 Å². The van der Waals surface area contributed by atoms with Crippen molar-refractivity contribution in [1.29, 1.82) is 0 Å². The van der Waals surface area contributed by atoms with E-state index in [-0.39, 0.29) is 5.91 Å². The highest BCUT2D eigenvalue weighted by Gasteiger charge is 2.11. The van der Waals surface area contributed by atoms with Crippen LogP contribution < -0.4 is 14.8 Å². The van der Waals surface area contributed by atoms with Crippen LogP contribution in [0.5, 0.6) is 11.5 Å². The van der Waals surface area contributed by atoms with Gasteiger partial charge in [-0.2, -0.15) is 0 Å². The summed E-state index contributed by atoms with van der Waals surface area (Å²) < 4.78 is 12.1. The maximum Gasteiger partial charge on any atom is 0.252 e. The van der Waals surface area contributed by atoms with Crippen LogP contribution in [0.1, 0.15) is 29.8 Å². The Morgan fingerprint density at radius 1 is 1.08 bits per heavy atom. The molecule has 134 valence electrons. The molecule has 0 unspecified atom stereocenters. The van der Waals surface area contributed by atoms with Crippen molar-refractivity contribution in [3.05, 3.63) is 56.1 Å². The smallest absolute Gasteiger partial charge is 0.252 e. The third-order valence-corrected chi connectivity index (χ3v) is 4.66. The third kappa shape index (κ3) is 5.78. The van der Waals surface area contributed by atoms with Crippen LogP contribution >= 0.6 is 34.2 Å². The zero-order chi connectivity index (χ0) is 18.2. The molecule has 2 aromatic rings. The number of carbonyl (C=O) groups is 1. The summed E-state index contributed by atoms with van der Waals surface area (Å²) in [5.74, 6) is 1.35. The lowest BCUT2D eigenvalue weighted by Crippen LogP contribution is -2.26. The van der Waals surface area contributed by atoms with Crippen molar-refractivity contribution in [1.82, 2.24) is 5.32 Å². The van der Waals surface area contributed by atoms with E-state index in [1.165, 1.54) is 0 Å². The van der Waals surface area contributed by atoms with E-state index in [4.69, 9.17) is 21.1 Å². The molecule has 2 rings (SSSR count). The molecule has 0 fully saturated rings. The number of ether oxygens (including phenoxy) is 2. The van der Waals surface area contributed by atoms with Gasteiger partial charge in [0.25, 0.3) is 5.91 Å². The molecule has 1 N–H and O–H groups in total. The Morgan fingerprint density at radius 2 is 1.80 bits per heavy atom. The summed E-state index contributed by atoms with van der Waals surface area (Å²) in [6.45, 7) is 5.58. The number of rotatable bonds is 8. The van der Waals surface area contributed by atoms with Gasteiger partial charge in [-0.25, -0.2) is 0 Å². The lowest BCUT2D eigenvalue weighted by atomic mass is 10.1. The zero-order valence-corrected chi connectivity index (χ0v) is 17.2. The van der Waals surface area contributed by atoms with Gasteiger partial charge in [-0.1, -0.05) is 17.7 Å². The van der Waals surface area contributed by atoms with Crippen molar-refractivity contribution in [3.8, 4) is 11.5 Å². The summed E-state index contributed by atoms with van der Waals surface area (Å²) in [6.07, 6.45) is 0.704. The molecule has 0 heterocycles. The maximum absolute atomic E-state index is 12.3. The van der Waals surface area contributed by atoms with Crippen LogP contribution in [0.4, 0.5) is 0 Å². The number of nitrogens with one attached hydrogen (secondary N) is 1. The summed E-state index contributed by atoms with van der Waals surface area (Å²) in [5.41, 5.74) is 1.67. The van der Waals surface area contributed by atoms with Gasteiger partial charge < -0.3 is 14.8 Å². The number of benzene rings is 2. The lowest BCUT2D eigenvalue weighted by Gasteiger charge is -2.13. The van der Waals surface area contributed by atoms with Gasteiger partial charge in [0.1, 0.15) is 0 Å². The minimum Gasteiger partial charge on any atom is -0.490 e. The lowest BCUT2D eigenvalue weighted by molar-refractivity contribution is 0.0953. The van der Waals surface area contributed by atoms with Crippen LogP contribution in [-0.2, 0) is 6.42 Å². The van der Waals surface area contributed by atoms with Gasteiger partial charge in [0.15, 0.2) is 11.5 Å². The maximum atomic E-state index is 12.3. The molecule has 25 heavy (non-hydrogen) atoms. The Labute approximate surface area is 167 Å². The fourth-order valence-electron chi connectivity index (χ4n) is 2.34. The predicted molar refractivity (Wildman–Crippen MR) is 109 cm³/mol. The van der Waals surface area contributed by atoms with Crippen molar-refractivity contribution in [3.63, 3.8) is 0 Å². The molecular formula is C19H21ClINO3. The first-order valence-electron chi connectivity index (χ1n) is 8.17. The number of carbonyl (C=O) groups excluding carboxylic acids is 1. The molecule has 4 nitrogen and oxygen atoms in total. The van der Waals surface area contributed by atoms with Crippen LogP contribution in [-0.4, -0.2) is 25.7 Å². The summed E-state index contributed by atoms with van der Waals surface area (Å²) in [4.78, 5) is 12.3. The van der Waals surface area contributed by atoms with Crippen molar-refractivity contribution in [2.45, 2.75) is 20.3 Å². The molecule has 0 aliphatic rings. The summed E-state index contributed by atoms with van der Waals surface area (Å²) in [6, 6.07) is 11.1. The molecule has 0 radical (unpaired) electrons. The highest BCUT2D eigenvalue weighted by atomic mass is 127. The predicted octanol–water partition coefficient (Wildman–Crippen LogP) is 4.71. The van der Waals surface area contributed by atoms with Gasteiger partial charge in [0.05, 0.1) is 18.8 Å². The quantitative estimate of drug-likeness (QED) is 0.565. The van der Waals surface area contributed by atoms with Gasteiger partial charge >= 0.3 is 0 Å². The molecule has 2 aromatic carbocycles. The molecule has 0 aliphatic heterocycles. The minimum atomic E-state index is -0.122. The Balaban J connectivity index is 1.98. The van der Waals surface area contributed by atoms with Crippen LogP contribution in [0.2, 0.25) is 5.02 Å². The molecule has 0 aromatic heterocycles. The van der Waals surface area contributed by atoms with Crippen LogP contribution in [0, 0.1) is 3.57 Å². The summed E-state index contributed by atoms with van der Waals surface area (Å²) in [7, 11) is 0. The topological polar surface area (TPSA) is 47.6 Å². The number of halogens is 2. The van der Waals surface area contributed by atoms with E-state index in [1.54, 1.807) is 12.1 Å². The first kappa shape index (κ1) is 19.8. The Kier molecular flexibility index (Phi) is 7.84. The molecule has 0 atom stereocenters. The standard InChI is InChI=1S/C19H21ClINO3/c1-3-24-17-8-5-13(11-18(17)25-4-2)9-10-22-19(23)15-12-14(20)6-7-16(15)21/h5-8,11-12H,3-4,9-10H2,1-2H3,(H,22,23). The second-order valence-corrected chi connectivity index (χ2v) is 6.88. The third-order valence-electron chi connectivity index (χ3n) is 3.48. The monoisotopic (exact) mass is 473 g/mol. The van der Waals surface area contributed by atoms with E-state index in [2.05, 4.69) is 27.9 Å². The number of hydrogen-bond donors (Lipinski definition) is 1. The molecule has 1 amide bonds. The summed E-state index contributed by atoms with van der Waals surface area (Å²) >= 11 is 8.10. The number of hydrogen-bond acceptors (Lipinski definition) is 3. The molecule has 0 saturated heterocycles. The minimum absolute atomic E-state index is 0.122. The highest BCUT2D eigenvalue weighted by Crippen LogP contribution is 2.28. The van der Waals surface area contributed by atoms with Crippen molar-refractivity contribution in [2.24, 2.45) is 0 Å². The van der Waals surface area contributed by atoms with Gasteiger partial charge in [-0.05, 0) is 78.8 Å². The second-order valence-electron chi connectivity index (χ2n) is 5.28. The molecule has 6 heteroatoms. The number of amides is 1. The van der Waals surface area contributed by atoms with Gasteiger partial charge in [-0.15, -0.1) is 0 Å². The molecule has 0 spiro atoms. The summed E-state index contributed by atoms with van der Waals surface area (Å²) in [5, 5.41) is 3.49. The van der Waals surface area contributed by atoms with Gasteiger partial charge in [0, 0.05) is 15.1 Å². The first-order valence-corrected chi connectivity index (χ1v) is 9.62. The van der Waals surface area contributed by atoms with E-state index in [0.717, 1.165) is 20.6 Å². The van der Waals surface area contributed by atoms with E-state index < -0.39 is 0 Å². The van der Waals surface area contributed by atoms with Crippen LogP contribution in [0.25, 0.3) is 0 Å². The van der Waals surface area contributed by atoms with E-state index in [0.29, 0.717) is 36.8 Å². The molecule has 0 bridgehead atoms. The highest BCUT2D eigenvalue weighted by molar-refractivity contribution is 14.1. The fraction of sp³-hybridized carbons (Fsp3) is 0.316. The molecular weight excluding hydrogens is 453 g/mol. The van der Waals surface area contributed by atoms with Crippen molar-refractivity contribution >= 4 is 40.1 Å². The average Bonchev–Trinajstić information content (AvgIpc) is 2.59. The van der Waals surface area contributed by atoms with Crippen molar-refractivity contribution < 1.29 is 14.3 Å². The first-order chi connectivity index (χ1) is 12.0. The Hall–Kier alpha value is -1.47. The molecule has 0 saturated carbocycles. The Morgan fingerprint density at radius 3 is 2.52 bits per heavy atom. The molecule has 0 aliphatic carbocycles. The fourth-order valence-corrected chi connectivity index (χ4v) is 3.09. The average molecular weight is 474 g/mol. The second kappa shape index (κ2) is 9.87. The largest absolute Gasteiger partial charge is 0.490 e. The van der Waals surface area contributed by atoms with Gasteiger partial charge in [-0.3, -0.25) is 4.79 Å². The van der Waals surface area contributed by atoms with E-state index in [9.17, 15) is 4.79 Å². The van der Waals surface area contributed by atoms with Crippen LogP contribution in [0.15, 0.2) is 36.4 Å². The van der Waals surface area contributed by atoms with Crippen molar-refractivity contribution in [2.75, 3.05) is 19.8 Å². The SMILES string of the molecule is CCOc1ccc(CCNC(=O)c2cc(Cl)ccc2I)cc1OCC. The van der Waals surface area contributed by atoms with Crippen LogP contribution in [0.3, 0.4) is 0 Å². The van der Waals surface area contributed by atoms with E-state index >= 15 is 0 Å². The zero-order valence-electron chi connectivity index (χ0n) is 14.3. The van der Waals surface area contributed by atoms with Gasteiger partial charge in [0.2, 0.25) is 0 Å². The normalized spacial score (nSPS) is 10.4. The Bertz CT molecular complexity index is 737.